The molecular formula is C13H9N4-. The van der Waals surface area contributed by atoms with Gasteiger partial charge in [0.1, 0.15) is 0 Å². The zero-order valence-corrected chi connectivity index (χ0v) is 8.99. The van der Waals surface area contributed by atoms with Crippen molar-refractivity contribution in [1.82, 2.24) is 20.2 Å². The zero-order valence-electron chi connectivity index (χ0n) is 8.99. The van der Waals surface area contributed by atoms with Crippen LogP contribution >= 0.6 is 0 Å². The molecule has 0 saturated carbocycles. The van der Waals surface area contributed by atoms with E-state index in [2.05, 4.69) is 20.2 Å². The van der Waals surface area contributed by atoms with Crippen molar-refractivity contribution in [2.75, 3.05) is 0 Å². The standard InChI is InChI=1S/C13H9N4/c1-3-7-14-10(5-1)12-9-13(17-16-12)11-6-2-4-8-15-11/h1-9H/q-1. The maximum absolute atomic E-state index is 4.23. The fraction of sp³-hybridized carbons (Fsp3) is 0. The Balaban J connectivity index is 1.99. The second-order valence-corrected chi connectivity index (χ2v) is 3.54. The van der Waals surface area contributed by atoms with Crippen LogP contribution in [0, 0.1) is 0 Å². The van der Waals surface area contributed by atoms with Crippen molar-refractivity contribution in [2.24, 2.45) is 0 Å². The van der Waals surface area contributed by atoms with E-state index < -0.39 is 0 Å². The molecule has 3 heterocycles. The highest BCUT2D eigenvalue weighted by molar-refractivity contribution is 5.63. The van der Waals surface area contributed by atoms with Crippen LogP contribution in [0.3, 0.4) is 0 Å². The van der Waals surface area contributed by atoms with Crippen LogP contribution < -0.4 is 5.10 Å². The monoisotopic (exact) mass is 221 g/mol. The van der Waals surface area contributed by atoms with Gasteiger partial charge in [-0.3, -0.25) is 9.97 Å². The summed E-state index contributed by atoms with van der Waals surface area (Å²) in [5, 5.41) is 8.22. The molecule has 0 fully saturated rings. The van der Waals surface area contributed by atoms with E-state index >= 15 is 0 Å². The lowest BCUT2D eigenvalue weighted by Gasteiger charge is -2.01. The second-order valence-electron chi connectivity index (χ2n) is 3.54. The minimum absolute atomic E-state index is 0.770. The quantitative estimate of drug-likeness (QED) is 0.665. The minimum Gasteiger partial charge on any atom is -0.573 e. The van der Waals surface area contributed by atoms with Crippen LogP contribution in [0.1, 0.15) is 0 Å². The Kier molecular flexibility index (Phi) is 2.38. The Hall–Kier alpha value is -2.49. The van der Waals surface area contributed by atoms with Gasteiger partial charge in [0.05, 0.1) is 11.4 Å². The molecular weight excluding hydrogens is 212 g/mol. The first-order chi connectivity index (χ1) is 8.43. The first-order valence-corrected chi connectivity index (χ1v) is 5.27. The van der Waals surface area contributed by atoms with E-state index in [9.17, 15) is 0 Å². The smallest absolute Gasteiger partial charge is 0.0868 e. The Morgan fingerprint density at radius 1 is 0.765 bits per heavy atom. The summed E-state index contributed by atoms with van der Waals surface area (Å²) < 4.78 is 0. The molecule has 0 amide bonds. The molecule has 3 rings (SSSR count). The van der Waals surface area contributed by atoms with E-state index in [0.717, 1.165) is 22.8 Å². The molecule has 82 valence electrons. The van der Waals surface area contributed by atoms with Crippen molar-refractivity contribution >= 4 is 0 Å². The predicted octanol–water partition coefficient (Wildman–Crippen LogP) is 2.16. The van der Waals surface area contributed by atoms with E-state index in [4.69, 9.17) is 0 Å². The van der Waals surface area contributed by atoms with Crippen LogP contribution in [-0.2, 0) is 0 Å². The van der Waals surface area contributed by atoms with Gasteiger partial charge in [-0.25, -0.2) is 0 Å². The number of rotatable bonds is 2. The summed E-state index contributed by atoms with van der Waals surface area (Å²) in [6, 6.07) is 13.3. The first kappa shape index (κ1) is 9.72. The van der Waals surface area contributed by atoms with Gasteiger partial charge in [0.2, 0.25) is 0 Å². The Labute approximate surface area is 98.4 Å². The van der Waals surface area contributed by atoms with Crippen molar-refractivity contribution < 1.29 is 0 Å². The molecule has 3 aromatic rings. The summed E-state index contributed by atoms with van der Waals surface area (Å²) >= 11 is 0. The average molecular weight is 221 g/mol. The first-order valence-electron chi connectivity index (χ1n) is 5.27. The van der Waals surface area contributed by atoms with E-state index in [0.29, 0.717) is 0 Å². The van der Waals surface area contributed by atoms with E-state index in [1.807, 2.05) is 42.5 Å². The van der Waals surface area contributed by atoms with Gasteiger partial charge in [0, 0.05) is 18.1 Å². The highest BCUT2D eigenvalue weighted by Gasteiger charge is 1.99. The average Bonchev–Trinajstić information content (AvgIpc) is 2.90. The van der Waals surface area contributed by atoms with Gasteiger partial charge < -0.3 is 10.2 Å². The van der Waals surface area contributed by atoms with E-state index in [1.165, 1.54) is 0 Å². The van der Waals surface area contributed by atoms with Gasteiger partial charge in [-0.1, -0.05) is 17.8 Å². The SMILES string of the molecule is c1ccc(-c2cc(-c3ccccn3)[n-]n2)nc1. The number of hydrogen-bond donors (Lipinski definition) is 0. The molecule has 0 unspecified atom stereocenters. The molecule has 0 radical (unpaired) electrons. The van der Waals surface area contributed by atoms with E-state index in [-0.39, 0.29) is 0 Å². The lowest BCUT2D eigenvalue weighted by molar-refractivity contribution is 1.05. The fourth-order valence-electron chi connectivity index (χ4n) is 1.57. The van der Waals surface area contributed by atoms with Crippen LogP contribution in [0.4, 0.5) is 0 Å². The molecule has 0 aromatic carbocycles. The number of aromatic nitrogens is 4. The molecule has 4 heteroatoms. The van der Waals surface area contributed by atoms with Crippen LogP contribution in [0.15, 0.2) is 54.9 Å². The topological polar surface area (TPSA) is 52.8 Å². The van der Waals surface area contributed by atoms with Gasteiger partial charge in [0.15, 0.2) is 0 Å². The maximum Gasteiger partial charge on any atom is 0.0868 e. The van der Waals surface area contributed by atoms with Gasteiger partial charge in [-0.2, -0.15) is 0 Å². The predicted molar refractivity (Wildman–Crippen MR) is 64.0 cm³/mol. The molecule has 4 nitrogen and oxygen atoms in total. The van der Waals surface area contributed by atoms with E-state index in [1.54, 1.807) is 12.4 Å². The van der Waals surface area contributed by atoms with Gasteiger partial charge in [-0.05, 0) is 30.3 Å². The molecule has 0 bridgehead atoms. The number of hydrogen-bond acceptors (Lipinski definition) is 3. The summed E-state index contributed by atoms with van der Waals surface area (Å²) in [5.41, 5.74) is 3.18. The summed E-state index contributed by atoms with van der Waals surface area (Å²) in [7, 11) is 0. The summed E-state index contributed by atoms with van der Waals surface area (Å²) in [4.78, 5) is 8.47. The number of pyridine rings is 2. The Morgan fingerprint density at radius 3 is 2.12 bits per heavy atom. The van der Waals surface area contributed by atoms with Crippen molar-refractivity contribution in [3.05, 3.63) is 54.9 Å². The second kappa shape index (κ2) is 4.17. The summed E-state index contributed by atoms with van der Waals surface area (Å²) in [6.07, 6.45) is 3.48. The number of nitrogens with zero attached hydrogens (tertiary/aromatic N) is 4. The lowest BCUT2D eigenvalue weighted by atomic mass is 10.2. The summed E-state index contributed by atoms with van der Waals surface area (Å²) in [6.45, 7) is 0. The Bertz CT molecular complexity index is 548. The highest BCUT2D eigenvalue weighted by Crippen LogP contribution is 2.19. The van der Waals surface area contributed by atoms with Crippen LogP contribution in [-0.4, -0.2) is 15.1 Å². The third-order valence-corrected chi connectivity index (χ3v) is 2.39. The van der Waals surface area contributed by atoms with Crippen LogP contribution in [0.2, 0.25) is 0 Å². The fourth-order valence-corrected chi connectivity index (χ4v) is 1.57. The van der Waals surface area contributed by atoms with Crippen LogP contribution in [0.25, 0.3) is 22.8 Å². The van der Waals surface area contributed by atoms with Gasteiger partial charge in [0.25, 0.3) is 0 Å². The molecule has 3 aromatic heterocycles. The van der Waals surface area contributed by atoms with Gasteiger partial charge >= 0.3 is 0 Å². The third kappa shape index (κ3) is 1.92. The molecule has 0 atom stereocenters. The normalized spacial score (nSPS) is 10.4. The molecule has 0 aliphatic rings. The van der Waals surface area contributed by atoms with Crippen LogP contribution in [0.5, 0.6) is 0 Å². The largest absolute Gasteiger partial charge is 0.573 e. The van der Waals surface area contributed by atoms with Crippen molar-refractivity contribution in [3.63, 3.8) is 0 Å². The third-order valence-electron chi connectivity index (χ3n) is 2.39. The Morgan fingerprint density at radius 2 is 1.47 bits per heavy atom. The van der Waals surface area contributed by atoms with Gasteiger partial charge in [-0.15, -0.1) is 0 Å². The maximum atomic E-state index is 4.23. The summed E-state index contributed by atoms with van der Waals surface area (Å²) in [5.74, 6) is 0. The van der Waals surface area contributed by atoms with Crippen molar-refractivity contribution in [3.8, 4) is 22.8 Å². The van der Waals surface area contributed by atoms with Crippen molar-refractivity contribution in [2.45, 2.75) is 0 Å². The lowest BCUT2D eigenvalue weighted by Crippen LogP contribution is -1.83. The molecule has 17 heavy (non-hydrogen) atoms. The zero-order chi connectivity index (χ0) is 11.5. The van der Waals surface area contributed by atoms with Crippen molar-refractivity contribution in [1.29, 1.82) is 0 Å². The molecule has 0 aliphatic carbocycles. The molecule has 0 aliphatic heterocycles. The molecule has 0 saturated heterocycles. The molecule has 0 spiro atoms. The highest BCUT2D eigenvalue weighted by atomic mass is 15.1. The minimum atomic E-state index is 0.770. The molecule has 0 N–H and O–H groups in total.